The molecule has 9 nitrogen and oxygen atoms in total. The molecule has 3 rings (SSSR count). The summed E-state index contributed by atoms with van der Waals surface area (Å²) < 4.78 is 1.55. The van der Waals surface area contributed by atoms with Crippen LogP contribution in [0.1, 0.15) is 33.9 Å². The maximum absolute atomic E-state index is 11.3. The molecule has 1 amide bonds. The third-order valence-corrected chi connectivity index (χ3v) is 3.66. The summed E-state index contributed by atoms with van der Waals surface area (Å²) in [5.74, 6) is -1.76. The Morgan fingerprint density at radius 2 is 2.04 bits per heavy atom. The predicted molar refractivity (Wildman–Crippen MR) is 84.6 cm³/mol. The summed E-state index contributed by atoms with van der Waals surface area (Å²) in [6.07, 6.45) is 7.88. The lowest BCUT2D eigenvalue weighted by Crippen LogP contribution is -2.22. The third kappa shape index (κ3) is 2.78. The van der Waals surface area contributed by atoms with E-state index in [2.05, 4.69) is 20.1 Å². The largest absolute Gasteiger partial charge is 0.476 e. The quantitative estimate of drug-likeness (QED) is 0.857. The number of primary amides is 1. The number of hydrogen-bond donors (Lipinski definition) is 2. The molecule has 2 atom stereocenters. The summed E-state index contributed by atoms with van der Waals surface area (Å²) in [7, 11) is 0. The molecule has 3 heterocycles. The monoisotopic (exact) mass is 326 g/mol. The number of carboxylic acids is 1. The van der Waals surface area contributed by atoms with Crippen LogP contribution in [0.25, 0.3) is 11.4 Å². The van der Waals surface area contributed by atoms with E-state index in [1.165, 1.54) is 18.5 Å². The second kappa shape index (κ2) is 6.03. The number of hydrogen-bond acceptors (Lipinski definition) is 6. The van der Waals surface area contributed by atoms with Gasteiger partial charge in [0.25, 0.3) is 5.91 Å². The van der Waals surface area contributed by atoms with E-state index < -0.39 is 11.9 Å². The Kier molecular flexibility index (Phi) is 3.90. The van der Waals surface area contributed by atoms with Crippen LogP contribution >= 0.6 is 0 Å². The highest BCUT2D eigenvalue weighted by Gasteiger charge is 2.25. The smallest absolute Gasteiger partial charge is 0.356 e. The summed E-state index contributed by atoms with van der Waals surface area (Å²) in [5.41, 5.74) is 5.92. The average Bonchev–Trinajstić information content (AvgIpc) is 3.00. The van der Waals surface area contributed by atoms with Crippen molar-refractivity contribution in [3.8, 4) is 11.4 Å². The van der Waals surface area contributed by atoms with Gasteiger partial charge in [0.2, 0.25) is 0 Å². The molecule has 1 aliphatic rings. The van der Waals surface area contributed by atoms with Crippen LogP contribution in [0.3, 0.4) is 0 Å². The fraction of sp³-hybridized carbons (Fsp3) is 0.200. The minimum absolute atomic E-state index is 0.0267. The predicted octanol–water partition coefficient (Wildman–Crippen LogP) is 0.913. The van der Waals surface area contributed by atoms with E-state index in [9.17, 15) is 14.7 Å². The Morgan fingerprint density at radius 1 is 1.25 bits per heavy atom. The number of nitrogens with two attached hydrogens (primary N) is 1. The number of nitrogens with zero attached hydrogens (tertiary/aromatic N) is 5. The number of allylic oxidation sites excluding steroid dienone is 1. The minimum Gasteiger partial charge on any atom is -0.476 e. The fourth-order valence-electron chi connectivity index (χ4n) is 2.36. The second-order valence-corrected chi connectivity index (χ2v) is 5.31. The van der Waals surface area contributed by atoms with E-state index >= 15 is 0 Å². The molecule has 0 fully saturated rings. The van der Waals surface area contributed by atoms with Crippen LogP contribution in [-0.2, 0) is 0 Å². The van der Waals surface area contributed by atoms with Crippen LogP contribution < -0.4 is 5.73 Å². The molecule has 9 heteroatoms. The van der Waals surface area contributed by atoms with Crippen molar-refractivity contribution in [3.63, 3.8) is 0 Å². The van der Waals surface area contributed by atoms with Crippen molar-refractivity contribution < 1.29 is 14.7 Å². The van der Waals surface area contributed by atoms with Crippen molar-refractivity contribution in [2.75, 3.05) is 0 Å². The highest BCUT2D eigenvalue weighted by atomic mass is 16.4. The molecule has 0 saturated heterocycles. The molecule has 0 spiro atoms. The molecule has 122 valence electrons. The van der Waals surface area contributed by atoms with Crippen molar-refractivity contribution in [1.82, 2.24) is 19.7 Å². The molecule has 0 radical (unpaired) electrons. The van der Waals surface area contributed by atoms with E-state index in [1.807, 2.05) is 13.0 Å². The summed E-state index contributed by atoms with van der Waals surface area (Å²) in [5, 5.41) is 13.4. The number of aliphatic imine (C=N–C) groups is 1. The van der Waals surface area contributed by atoms with Crippen molar-refractivity contribution in [2.24, 2.45) is 16.6 Å². The van der Waals surface area contributed by atoms with Gasteiger partial charge in [-0.05, 0) is 0 Å². The van der Waals surface area contributed by atoms with Crippen LogP contribution in [-0.4, -0.2) is 42.9 Å². The first-order valence-corrected chi connectivity index (χ1v) is 7.12. The average molecular weight is 326 g/mol. The van der Waals surface area contributed by atoms with Crippen molar-refractivity contribution in [2.45, 2.75) is 13.0 Å². The fourth-order valence-corrected chi connectivity index (χ4v) is 2.36. The van der Waals surface area contributed by atoms with Gasteiger partial charge >= 0.3 is 5.97 Å². The Labute approximate surface area is 136 Å². The topological polar surface area (TPSA) is 136 Å². The van der Waals surface area contributed by atoms with Gasteiger partial charge in [0, 0.05) is 24.4 Å². The summed E-state index contributed by atoms with van der Waals surface area (Å²) in [4.78, 5) is 34.6. The van der Waals surface area contributed by atoms with Crippen molar-refractivity contribution in [3.05, 3.63) is 42.1 Å². The zero-order valence-corrected chi connectivity index (χ0v) is 12.7. The summed E-state index contributed by atoms with van der Waals surface area (Å²) >= 11 is 0. The lowest BCUT2D eigenvalue weighted by molar-refractivity contribution is 0.0689. The maximum atomic E-state index is 11.3. The first-order valence-electron chi connectivity index (χ1n) is 7.12. The van der Waals surface area contributed by atoms with E-state index in [-0.39, 0.29) is 23.3 Å². The molecular formula is C15H14N6O3. The first kappa shape index (κ1) is 15.5. The SMILES string of the molecule is CC1C=CN=CC1n1nc(C(=O)O)cc1-c1cnc(C(N)=O)cn1. The summed E-state index contributed by atoms with van der Waals surface area (Å²) in [6, 6.07) is 1.16. The zero-order valence-electron chi connectivity index (χ0n) is 12.7. The first-order chi connectivity index (χ1) is 11.5. The maximum Gasteiger partial charge on any atom is 0.356 e. The van der Waals surface area contributed by atoms with Gasteiger partial charge < -0.3 is 10.8 Å². The minimum atomic E-state index is -1.15. The highest BCUT2D eigenvalue weighted by Crippen LogP contribution is 2.27. The lowest BCUT2D eigenvalue weighted by atomic mass is 10.0. The lowest BCUT2D eigenvalue weighted by Gasteiger charge is -2.21. The molecule has 2 unspecified atom stereocenters. The van der Waals surface area contributed by atoms with Crippen LogP contribution in [0.2, 0.25) is 0 Å². The number of aromatic nitrogens is 4. The molecule has 0 saturated carbocycles. The van der Waals surface area contributed by atoms with Gasteiger partial charge in [-0.3, -0.25) is 19.5 Å². The van der Waals surface area contributed by atoms with Crippen molar-refractivity contribution in [1.29, 1.82) is 0 Å². The van der Waals surface area contributed by atoms with E-state index in [0.29, 0.717) is 11.4 Å². The molecule has 0 bridgehead atoms. The number of carboxylic acid groups (broad SMARTS) is 1. The third-order valence-electron chi connectivity index (χ3n) is 3.66. The van der Waals surface area contributed by atoms with Gasteiger partial charge in [-0.1, -0.05) is 13.0 Å². The molecular weight excluding hydrogens is 312 g/mol. The normalized spacial score (nSPS) is 19.4. The van der Waals surface area contributed by atoms with Crippen molar-refractivity contribution >= 4 is 18.1 Å². The Morgan fingerprint density at radius 3 is 2.62 bits per heavy atom. The van der Waals surface area contributed by atoms with Gasteiger partial charge in [-0.15, -0.1) is 0 Å². The molecule has 0 aliphatic carbocycles. The Hall–Kier alpha value is -3.36. The Balaban J connectivity index is 2.09. The molecule has 3 N–H and O–H groups in total. The van der Waals surface area contributed by atoms with E-state index in [4.69, 9.17) is 5.73 Å². The van der Waals surface area contributed by atoms with E-state index in [0.717, 1.165) is 0 Å². The van der Waals surface area contributed by atoms with Gasteiger partial charge in [0.05, 0.1) is 24.1 Å². The summed E-state index contributed by atoms with van der Waals surface area (Å²) in [6.45, 7) is 1.97. The zero-order chi connectivity index (χ0) is 17.3. The number of rotatable bonds is 4. The molecule has 1 aliphatic heterocycles. The van der Waals surface area contributed by atoms with E-state index in [1.54, 1.807) is 17.1 Å². The van der Waals surface area contributed by atoms with Gasteiger partial charge in [0.15, 0.2) is 5.69 Å². The highest BCUT2D eigenvalue weighted by molar-refractivity contribution is 5.90. The van der Waals surface area contributed by atoms with Crippen LogP contribution in [0.4, 0.5) is 0 Å². The van der Waals surface area contributed by atoms with Crippen LogP contribution in [0, 0.1) is 5.92 Å². The Bertz CT molecular complexity index is 853. The molecule has 24 heavy (non-hydrogen) atoms. The second-order valence-electron chi connectivity index (χ2n) is 5.31. The molecule has 2 aromatic heterocycles. The molecule has 2 aromatic rings. The molecule has 0 aromatic carbocycles. The van der Waals surface area contributed by atoms with Gasteiger partial charge in [-0.25, -0.2) is 9.78 Å². The number of carbonyl (C=O) groups excluding carboxylic acids is 1. The number of aromatic carboxylic acids is 1. The van der Waals surface area contributed by atoms with Gasteiger partial charge in [0.1, 0.15) is 11.4 Å². The number of amides is 1. The number of carbonyl (C=O) groups is 2. The standard InChI is InChI=1S/C15H14N6O3/c1-8-2-3-17-7-13(8)21-12(4-9(20-21)15(23)24)10-5-19-11(6-18-10)14(16)22/h2-8,13H,1H3,(H2,16,22)(H,23,24). The van der Waals surface area contributed by atoms with Crippen LogP contribution in [0.15, 0.2) is 35.7 Å². The van der Waals surface area contributed by atoms with Crippen LogP contribution in [0.5, 0.6) is 0 Å². The van der Waals surface area contributed by atoms with Gasteiger partial charge in [-0.2, -0.15) is 5.10 Å².